The van der Waals surface area contributed by atoms with Gasteiger partial charge in [-0.25, -0.2) is 9.59 Å². The van der Waals surface area contributed by atoms with Crippen molar-refractivity contribution in [2.75, 3.05) is 10.6 Å². The zero-order valence-corrected chi connectivity index (χ0v) is 18.6. The van der Waals surface area contributed by atoms with Crippen LogP contribution in [0.15, 0.2) is 53.3 Å². The first-order valence-corrected chi connectivity index (χ1v) is 10.3. The molecule has 176 valence electrons. The summed E-state index contributed by atoms with van der Waals surface area (Å²) in [6.07, 6.45) is -4.65. The summed E-state index contributed by atoms with van der Waals surface area (Å²) >= 11 is 5.61. The fourth-order valence-electron chi connectivity index (χ4n) is 3.38. The molecular weight excluding hydrogens is 473 g/mol. The SMILES string of the molecule is Cc1c(NC(=O)Nc2ccc(Cl)c(C(F)(F)F)c2)ccc(Oc2cccc3[nH]c(=O)[nH]c23)c1C. The highest BCUT2D eigenvalue weighted by molar-refractivity contribution is 6.31. The van der Waals surface area contributed by atoms with E-state index in [1.807, 2.05) is 0 Å². The van der Waals surface area contributed by atoms with Crippen LogP contribution in [0.5, 0.6) is 11.5 Å². The van der Waals surface area contributed by atoms with Gasteiger partial charge in [0.1, 0.15) is 11.3 Å². The van der Waals surface area contributed by atoms with E-state index in [-0.39, 0.29) is 11.4 Å². The van der Waals surface area contributed by atoms with Gasteiger partial charge < -0.3 is 25.3 Å². The fraction of sp³-hybridized carbons (Fsp3) is 0.130. The molecule has 4 rings (SSSR count). The third-order valence-corrected chi connectivity index (χ3v) is 5.58. The third-order valence-electron chi connectivity index (χ3n) is 5.25. The maximum absolute atomic E-state index is 13.0. The molecule has 34 heavy (non-hydrogen) atoms. The lowest BCUT2D eigenvalue weighted by Crippen LogP contribution is -2.20. The first-order chi connectivity index (χ1) is 16.0. The molecule has 11 heteroatoms. The van der Waals surface area contributed by atoms with Gasteiger partial charge in [-0.1, -0.05) is 17.7 Å². The van der Waals surface area contributed by atoms with Crippen LogP contribution in [0.3, 0.4) is 0 Å². The first kappa shape index (κ1) is 23.2. The average Bonchev–Trinajstić information content (AvgIpc) is 3.15. The molecule has 2 amide bonds. The van der Waals surface area contributed by atoms with Crippen molar-refractivity contribution in [1.82, 2.24) is 9.97 Å². The molecule has 0 spiro atoms. The molecule has 0 atom stereocenters. The fourth-order valence-corrected chi connectivity index (χ4v) is 3.61. The maximum Gasteiger partial charge on any atom is 0.417 e. The Bertz CT molecular complexity index is 1460. The molecule has 0 aliphatic heterocycles. The molecule has 0 aliphatic rings. The van der Waals surface area contributed by atoms with E-state index in [1.54, 1.807) is 44.2 Å². The molecule has 1 heterocycles. The van der Waals surface area contributed by atoms with Crippen LogP contribution in [0.4, 0.5) is 29.3 Å². The summed E-state index contributed by atoms with van der Waals surface area (Å²) in [5.74, 6) is 0.950. The maximum atomic E-state index is 13.0. The number of hydrogen-bond acceptors (Lipinski definition) is 3. The van der Waals surface area contributed by atoms with Crippen LogP contribution in [0.25, 0.3) is 11.0 Å². The largest absolute Gasteiger partial charge is 0.455 e. The molecule has 0 bridgehead atoms. The zero-order chi connectivity index (χ0) is 24.6. The summed E-state index contributed by atoms with van der Waals surface area (Å²) in [4.78, 5) is 29.4. The summed E-state index contributed by atoms with van der Waals surface area (Å²) < 4.78 is 45.1. The molecule has 4 aromatic rings. The van der Waals surface area contributed by atoms with Crippen molar-refractivity contribution in [3.8, 4) is 11.5 Å². The minimum absolute atomic E-state index is 0.0582. The van der Waals surface area contributed by atoms with E-state index in [9.17, 15) is 22.8 Å². The van der Waals surface area contributed by atoms with Crippen molar-refractivity contribution < 1.29 is 22.7 Å². The predicted molar refractivity (Wildman–Crippen MR) is 124 cm³/mol. The minimum Gasteiger partial charge on any atom is -0.455 e. The number of hydrogen-bond donors (Lipinski definition) is 4. The molecule has 0 unspecified atom stereocenters. The Morgan fingerprint density at radius 1 is 0.971 bits per heavy atom. The number of carbonyl (C=O) groups excluding carboxylic acids is 1. The van der Waals surface area contributed by atoms with Gasteiger partial charge in [0.2, 0.25) is 0 Å². The first-order valence-electron chi connectivity index (χ1n) is 9.97. The highest BCUT2D eigenvalue weighted by atomic mass is 35.5. The van der Waals surface area contributed by atoms with Gasteiger partial charge in [0, 0.05) is 11.4 Å². The normalized spacial score (nSPS) is 11.5. The second kappa shape index (κ2) is 8.79. The van der Waals surface area contributed by atoms with E-state index in [4.69, 9.17) is 16.3 Å². The van der Waals surface area contributed by atoms with Crippen LogP contribution in [0, 0.1) is 13.8 Å². The number of amides is 2. The standard InChI is InChI=1S/C23H18ClF3N4O3/c1-11-12(2)18(34-19-5-3-4-17-20(19)31-22(33)30-17)9-8-16(11)29-21(32)28-13-6-7-15(24)14(10-13)23(25,26)27/h3-10H,1-2H3,(H2,28,29,32)(H2,30,31,33). The number of imidazole rings is 1. The Morgan fingerprint density at radius 3 is 2.47 bits per heavy atom. The molecule has 0 aliphatic carbocycles. The molecular formula is C23H18ClF3N4O3. The molecule has 0 saturated heterocycles. The van der Waals surface area contributed by atoms with Crippen LogP contribution in [0.1, 0.15) is 16.7 Å². The lowest BCUT2D eigenvalue weighted by atomic mass is 10.1. The number of anilines is 2. The smallest absolute Gasteiger partial charge is 0.417 e. The number of halogens is 4. The minimum atomic E-state index is -4.65. The lowest BCUT2D eigenvalue weighted by molar-refractivity contribution is -0.137. The third kappa shape index (κ3) is 4.72. The highest BCUT2D eigenvalue weighted by Gasteiger charge is 2.33. The zero-order valence-electron chi connectivity index (χ0n) is 17.9. The van der Waals surface area contributed by atoms with Crippen molar-refractivity contribution in [2.45, 2.75) is 20.0 Å². The number of para-hydroxylation sites is 1. The molecule has 0 radical (unpaired) electrons. The predicted octanol–water partition coefficient (Wildman–Crippen LogP) is 6.58. The van der Waals surface area contributed by atoms with Gasteiger partial charge in [0.25, 0.3) is 0 Å². The van der Waals surface area contributed by atoms with Gasteiger partial charge in [0.05, 0.1) is 16.1 Å². The topological polar surface area (TPSA) is 99.0 Å². The Kier molecular flexibility index (Phi) is 6.01. The van der Waals surface area contributed by atoms with E-state index in [1.165, 1.54) is 6.07 Å². The Balaban J connectivity index is 1.52. The van der Waals surface area contributed by atoms with E-state index in [0.717, 1.165) is 17.7 Å². The monoisotopic (exact) mass is 490 g/mol. The Hall–Kier alpha value is -3.92. The number of fused-ring (bicyclic) bond motifs is 1. The molecule has 4 N–H and O–H groups in total. The second-order valence-corrected chi connectivity index (χ2v) is 7.90. The Labute approximate surface area is 195 Å². The summed E-state index contributed by atoms with van der Waals surface area (Å²) in [5, 5.41) is 4.54. The molecule has 0 fully saturated rings. The summed E-state index contributed by atoms with van der Waals surface area (Å²) in [6.45, 7) is 3.56. The number of aromatic amines is 2. The van der Waals surface area contributed by atoms with Gasteiger partial charge in [0.15, 0.2) is 5.75 Å². The van der Waals surface area contributed by atoms with E-state index >= 15 is 0 Å². The van der Waals surface area contributed by atoms with Crippen LogP contribution in [0.2, 0.25) is 5.02 Å². The number of nitrogens with one attached hydrogen (secondary N) is 4. The van der Waals surface area contributed by atoms with Crippen molar-refractivity contribution in [2.24, 2.45) is 0 Å². The van der Waals surface area contributed by atoms with Crippen molar-refractivity contribution in [3.63, 3.8) is 0 Å². The molecule has 3 aromatic carbocycles. The number of urea groups is 1. The van der Waals surface area contributed by atoms with E-state index in [0.29, 0.717) is 33.8 Å². The number of alkyl halides is 3. The highest BCUT2D eigenvalue weighted by Crippen LogP contribution is 2.36. The number of benzene rings is 3. The van der Waals surface area contributed by atoms with Crippen LogP contribution < -0.4 is 21.1 Å². The quantitative estimate of drug-likeness (QED) is 0.260. The number of carbonyl (C=O) groups is 1. The van der Waals surface area contributed by atoms with Gasteiger partial charge >= 0.3 is 17.9 Å². The number of aromatic nitrogens is 2. The summed E-state index contributed by atoms with van der Waals surface area (Å²) in [6, 6.07) is 10.8. The van der Waals surface area contributed by atoms with Gasteiger partial charge in [-0.3, -0.25) is 0 Å². The van der Waals surface area contributed by atoms with Gasteiger partial charge in [-0.05, 0) is 67.4 Å². The average molecular weight is 491 g/mol. The van der Waals surface area contributed by atoms with Crippen molar-refractivity contribution in [1.29, 1.82) is 0 Å². The number of rotatable bonds is 4. The number of H-pyrrole nitrogens is 2. The van der Waals surface area contributed by atoms with E-state index < -0.39 is 22.8 Å². The second-order valence-electron chi connectivity index (χ2n) is 7.49. The van der Waals surface area contributed by atoms with Crippen LogP contribution >= 0.6 is 11.6 Å². The molecule has 7 nitrogen and oxygen atoms in total. The van der Waals surface area contributed by atoms with Gasteiger partial charge in [-0.2, -0.15) is 13.2 Å². The Morgan fingerprint density at radius 2 is 1.74 bits per heavy atom. The summed E-state index contributed by atoms with van der Waals surface area (Å²) in [5.41, 5.74) is 1.52. The number of ether oxygens (including phenoxy) is 1. The van der Waals surface area contributed by atoms with Crippen molar-refractivity contribution >= 4 is 40.0 Å². The molecule has 0 saturated carbocycles. The van der Waals surface area contributed by atoms with E-state index in [2.05, 4.69) is 20.6 Å². The molecule has 1 aromatic heterocycles. The van der Waals surface area contributed by atoms with Crippen molar-refractivity contribution in [3.05, 3.63) is 80.7 Å². The summed E-state index contributed by atoms with van der Waals surface area (Å²) in [7, 11) is 0. The van der Waals surface area contributed by atoms with Gasteiger partial charge in [-0.15, -0.1) is 0 Å². The lowest BCUT2D eigenvalue weighted by Gasteiger charge is -2.16. The van der Waals surface area contributed by atoms with Crippen LogP contribution in [-0.2, 0) is 6.18 Å². The van der Waals surface area contributed by atoms with Crippen LogP contribution in [-0.4, -0.2) is 16.0 Å².